The van der Waals surface area contributed by atoms with Crippen LogP contribution in [-0.4, -0.2) is 32.2 Å². The standard InChI is InChI=1S/C30H32N4O3/c1-37-30(36)22-12-14-27-25(18-22)32-29(34(27)23-9-5-6-10-23)21-11-13-26-24(17-21)31-19-28(35)33(26)16-15-20-7-3-2-4-8-20/h7,11-14,17-19,23H,2-6,8-10,15-16H2,1H3. The zero-order valence-corrected chi connectivity index (χ0v) is 21.3. The van der Waals surface area contributed by atoms with Gasteiger partial charge >= 0.3 is 5.97 Å². The van der Waals surface area contributed by atoms with E-state index >= 15 is 0 Å². The molecular formula is C30H32N4O3. The van der Waals surface area contributed by atoms with Crippen LogP contribution in [0.5, 0.6) is 0 Å². The number of aromatic nitrogens is 4. The van der Waals surface area contributed by atoms with Crippen molar-refractivity contribution in [3.8, 4) is 11.4 Å². The number of benzene rings is 2. The number of ether oxygens (including phenoxy) is 1. The molecule has 190 valence electrons. The molecule has 7 heteroatoms. The molecule has 37 heavy (non-hydrogen) atoms. The molecule has 6 rings (SSSR count). The first-order chi connectivity index (χ1) is 18.1. The Morgan fingerprint density at radius 1 is 1.03 bits per heavy atom. The van der Waals surface area contributed by atoms with E-state index in [1.165, 1.54) is 44.6 Å². The smallest absolute Gasteiger partial charge is 0.337 e. The van der Waals surface area contributed by atoms with E-state index in [-0.39, 0.29) is 11.5 Å². The number of hydrogen-bond acceptors (Lipinski definition) is 5. The maximum Gasteiger partial charge on any atom is 0.337 e. The molecular weight excluding hydrogens is 464 g/mol. The monoisotopic (exact) mass is 496 g/mol. The summed E-state index contributed by atoms with van der Waals surface area (Å²) in [6.07, 6.45) is 14.1. The summed E-state index contributed by atoms with van der Waals surface area (Å²) in [6, 6.07) is 12.1. The van der Waals surface area contributed by atoms with Crippen LogP contribution in [0.4, 0.5) is 0 Å². The van der Waals surface area contributed by atoms with Gasteiger partial charge in [-0.1, -0.05) is 24.5 Å². The van der Waals surface area contributed by atoms with Gasteiger partial charge in [0, 0.05) is 18.2 Å². The maximum absolute atomic E-state index is 12.7. The highest BCUT2D eigenvalue weighted by atomic mass is 16.5. The Kier molecular flexibility index (Phi) is 6.37. The van der Waals surface area contributed by atoms with E-state index in [1.54, 1.807) is 0 Å². The Hall–Kier alpha value is -3.74. The van der Waals surface area contributed by atoms with Crippen LogP contribution < -0.4 is 5.56 Å². The van der Waals surface area contributed by atoms with Crippen LogP contribution in [-0.2, 0) is 11.3 Å². The zero-order valence-electron chi connectivity index (χ0n) is 21.3. The number of esters is 1. The molecule has 2 aliphatic carbocycles. The van der Waals surface area contributed by atoms with Crippen molar-refractivity contribution >= 4 is 28.0 Å². The van der Waals surface area contributed by atoms with Crippen LogP contribution in [0.1, 0.15) is 74.2 Å². The number of fused-ring (bicyclic) bond motifs is 2. The third-order valence-electron chi connectivity index (χ3n) is 7.95. The minimum Gasteiger partial charge on any atom is -0.465 e. The van der Waals surface area contributed by atoms with Crippen LogP contribution in [0, 0.1) is 0 Å². The second-order valence-electron chi connectivity index (χ2n) is 10.2. The Balaban J connectivity index is 1.42. The van der Waals surface area contributed by atoms with Gasteiger partial charge in [-0.25, -0.2) is 14.8 Å². The Morgan fingerprint density at radius 2 is 1.86 bits per heavy atom. The van der Waals surface area contributed by atoms with E-state index in [1.807, 2.05) is 41.0 Å². The molecule has 0 spiro atoms. The molecule has 0 unspecified atom stereocenters. The van der Waals surface area contributed by atoms with Crippen molar-refractivity contribution in [3.63, 3.8) is 0 Å². The molecule has 7 nitrogen and oxygen atoms in total. The van der Waals surface area contributed by atoms with Crippen molar-refractivity contribution in [3.05, 3.63) is 70.2 Å². The highest BCUT2D eigenvalue weighted by Gasteiger charge is 2.24. The second-order valence-corrected chi connectivity index (χ2v) is 10.2. The predicted molar refractivity (Wildman–Crippen MR) is 145 cm³/mol. The quantitative estimate of drug-likeness (QED) is 0.234. The second kappa shape index (κ2) is 9.96. The average molecular weight is 497 g/mol. The lowest BCUT2D eigenvalue weighted by molar-refractivity contribution is 0.0601. The molecule has 1 saturated carbocycles. The van der Waals surface area contributed by atoms with Crippen molar-refractivity contribution in [2.75, 3.05) is 7.11 Å². The van der Waals surface area contributed by atoms with Crippen LogP contribution in [0.15, 0.2) is 59.0 Å². The number of allylic oxidation sites excluding steroid dienone is 2. The minimum absolute atomic E-state index is 0.0646. The molecule has 2 aromatic carbocycles. The number of nitrogens with zero attached hydrogens (tertiary/aromatic N) is 4. The Morgan fingerprint density at radius 3 is 2.65 bits per heavy atom. The highest BCUT2D eigenvalue weighted by molar-refractivity contribution is 5.94. The first-order valence-electron chi connectivity index (χ1n) is 13.4. The molecule has 0 aliphatic heterocycles. The van der Waals surface area contributed by atoms with E-state index in [0.29, 0.717) is 18.2 Å². The summed E-state index contributed by atoms with van der Waals surface area (Å²) in [5.74, 6) is 0.508. The van der Waals surface area contributed by atoms with Gasteiger partial charge in [0.25, 0.3) is 5.56 Å². The summed E-state index contributed by atoms with van der Waals surface area (Å²) in [7, 11) is 1.39. The van der Waals surface area contributed by atoms with Gasteiger partial charge in [-0.3, -0.25) is 4.79 Å². The van der Waals surface area contributed by atoms with E-state index < -0.39 is 0 Å². The van der Waals surface area contributed by atoms with Crippen LogP contribution in [0.25, 0.3) is 33.5 Å². The number of aryl methyl sites for hydroxylation is 1. The highest BCUT2D eigenvalue weighted by Crippen LogP contribution is 2.37. The van der Waals surface area contributed by atoms with Gasteiger partial charge in [-0.05, 0) is 81.3 Å². The average Bonchev–Trinajstić information content (AvgIpc) is 3.60. The largest absolute Gasteiger partial charge is 0.465 e. The molecule has 4 aromatic rings. The number of hydrogen-bond donors (Lipinski definition) is 0. The van der Waals surface area contributed by atoms with Crippen LogP contribution >= 0.6 is 0 Å². The number of carbonyl (C=O) groups is 1. The third-order valence-corrected chi connectivity index (χ3v) is 7.95. The molecule has 0 amide bonds. The number of carbonyl (C=O) groups excluding carboxylic acids is 1. The number of methoxy groups -OCH3 is 1. The summed E-state index contributed by atoms with van der Waals surface area (Å²) in [4.78, 5) is 34.4. The fourth-order valence-electron chi connectivity index (χ4n) is 6.00. The van der Waals surface area contributed by atoms with Gasteiger partial charge in [0.15, 0.2) is 0 Å². The topological polar surface area (TPSA) is 79.0 Å². The normalized spacial score (nSPS) is 16.4. The molecule has 0 saturated heterocycles. The van der Waals surface area contributed by atoms with Gasteiger partial charge in [0.2, 0.25) is 0 Å². The lowest BCUT2D eigenvalue weighted by Crippen LogP contribution is -2.21. The molecule has 2 heterocycles. The molecule has 2 aliphatic rings. The van der Waals surface area contributed by atoms with E-state index in [2.05, 4.69) is 15.6 Å². The fraction of sp³-hybridized carbons (Fsp3) is 0.400. The minimum atomic E-state index is -0.365. The lowest BCUT2D eigenvalue weighted by Gasteiger charge is -2.17. The summed E-state index contributed by atoms with van der Waals surface area (Å²) in [6.45, 7) is 0.667. The SMILES string of the molecule is COC(=O)c1ccc2c(c1)nc(-c1ccc3c(c1)ncc(=O)n3CCC1=CCCCC1)n2C1CCCC1. The van der Waals surface area contributed by atoms with Gasteiger partial charge in [0.05, 0.1) is 40.9 Å². The first kappa shape index (κ1) is 23.6. The molecule has 1 fully saturated rings. The van der Waals surface area contributed by atoms with Gasteiger partial charge in [-0.2, -0.15) is 0 Å². The van der Waals surface area contributed by atoms with Gasteiger partial charge in [-0.15, -0.1) is 0 Å². The van der Waals surface area contributed by atoms with Crippen molar-refractivity contribution in [1.29, 1.82) is 0 Å². The molecule has 0 N–H and O–H groups in total. The van der Waals surface area contributed by atoms with Crippen molar-refractivity contribution in [2.45, 2.75) is 70.4 Å². The lowest BCUT2D eigenvalue weighted by atomic mass is 9.97. The van der Waals surface area contributed by atoms with Gasteiger partial charge in [0.1, 0.15) is 5.82 Å². The Labute approximate surface area is 215 Å². The predicted octanol–water partition coefficient (Wildman–Crippen LogP) is 6.21. The summed E-state index contributed by atoms with van der Waals surface area (Å²) < 4.78 is 9.10. The Bertz CT molecular complexity index is 1570. The van der Waals surface area contributed by atoms with E-state index in [9.17, 15) is 9.59 Å². The van der Waals surface area contributed by atoms with Crippen molar-refractivity contribution in [1.82, 2.24) is 19.1 Å². The van der Waals surface area contributed by atoms with E-state index in [0.717, 1.165) is 65.6 Å². The number of imidazole rings is 1. The molecule has 0 atom stereocenters. The zero-order chi connectivity index (χ0) is 25.4. The number of rotatable bonds is 6. The van der Waals surface area contributed by atoms with Crippen molar-refractivity contribution < 1.29 is 9.53 Å². The molecule has 0 bridgehead atoms. The fourth-order valence-corrected chi connectivity index (χ4v) is 6.00. The maximum atomic E-state index is 12.7. The summed E-state index contributed by atoms with van der Waals surface area (Å²) in [5, 5.41) is 0. The molecule has 2 aromatic heterocycles. The molecule has 0 radical (unpaired) electrons. The van der Waals surface area contributed by atoms with Gasteiger partial charge < -0.3 is 13.9 Å². The summed E-state index contributed by atoms with van der Waals surface area (Å²) in [5.41, 5.74) is 6.29. The van der Waals surface area contributed by atoms with Crippen molar-refractivity contribution in [2.24, 2.45) is 0 Å². The van der Waals surface area contributed by atoms with E-state index in [4.69, 9.17) is 9.72 Å². The van der Waals surface area contributed by atoms with Crippen LogP contribution in [0.2, 0.25) is 0 Å². The summed E-state index contributed by atoms with van der Waals surface area (Å²) >= 11 is 0. The van der Waals surface area contributed by atoms with Crippen LogP contribution in [0.3, 0.4) is 0 Å². The third kappa shape index (κ3) is 4.47. The first-order valence-corrected chi connectivity index (χ1v) is 13.4.